The molecule has 1 aromatic carbocycles. The first-order chi connectivity index (χ1) is 10.1. The number of rotatable bonds is 3. The van der Waals surface area contributed by atoms with Gasteiger partial charge in [0.15, 0.2) is 0 Å². The summed E-state index contributed by atoms with van der Waals surface area (Å²) in [5, 5.41) is 0.577. The van der Waals surface area contributed by atoms with Crippen molar-refractivity contribution in [3.8, 4) is 0 Å². The van der Waals surface area contributed by atoms with Gasteiger partial charge < -0.3 is 0 Å². The molecular formula is C15H13F2N3O. The van der Waals surface area contributed by atoms with Crippen LogP contribution in [0.4, 0.5) is 8.78 Å². The van der Waals surface area contributed by atoms with Crippen LogP contribution in [-0.2, 0) is 13.6 Å². The first-order valence-corrected chi connectivity index (χ1v) is 6.45. The predicted octanol–water partition coefficient (Wildman–Crippen LogP) is 2.72. The molecule has 0 radical (unpaired) electrons. The Balaban J connectivity index is 2.16. The average Bonchev–Trinajstić information content (AvgIpc) is 2.73. The molecule has 2 aromatic heterocycles. The number of hydrogen-bond donors (Lipinski definition) is 0. The molecule has 0 amide bonds. The summed E-state index contributed by atoms with van der Waals surface area (Å²) in [6, 6.07) is 8.69. The van der Waals surface area contributed by atoms with E-state index in [2.05, 4.69) is 4.98 Å². The molecule has 108 valence electrons. The van der Waals surface area contributed by atoms with Crippen LogP contribution < -0.4 is 5.56 Å². The van der Waals surface area contributed by atoms with Gasteiger partial charge in [0.1, 0.15) is 0 Å². The van der Waals surface area contributed by atoms with Gasteiger partial charge in [-0.15, -0.1) is 0 Å². The SMILES string of the molecule is Cn1c(=O)c2ccccc2n1Cc1ccncc1C(F)F. The summed E-state index contributed by atoms with van der Waals surface area (Å²) in [4.78, 5) is 15.9. The highest BCUT2D eigenvalue weighted by molar-refractivity contribution is 5.78. The molecule has 2 heterocycles. The lowest BCUT2D eigenvalue weighted by Crippen LogP contribution is -2.20. The number of pyridine rings is 1. The van der Waals surface area contributed by atoms with Gasteiger partial charge in [0, 0.05) is 25.0 Å². The van der Waals surface area contributed by atoms with Crippen LogP contribution in [0.5, 0.6) is 0 Å². The Morgan fingerprint density at radius 1 is 1.24 bits per heavy atom. The van der Waals surface area contributed by atoms with Crippen LogP contribution in [0.2, 0.25) is 0 Å². The van der Waals surface area contributed by atoms with Crippen molar-refractivity contribution in [1.82, 2.24) is 14.3 Å². The number of fused-ring (bicyclic) bond motifs is 1. The lowest BCUT2D eigenvalue weighted by Gasteiger charge is -2.12. The van der Waals surface area contributed by atoms with Crippen molar-refractivity contribution in [2.75, 3.05) is 0 Å². The van der Waals surface area contributed by atoms with Gasteiger partial charge in [-0.25, -0.2) is 8.78 Å². The van der Waals surface area contributed by atoms with Gasteiger partial charge >= 0.3 is 0 Å². The zero-order valence-electron chi connectivity index (χ0n) is 11.3. The molecule has 0 aliphatic carbocycles. The number of hydrogen-bond acceptors (Lipinski definition) is 2. The first kappa shape index (κ1) is 13.5. The third-order valence-electron chi connectivity index (χ3n) is 3.57. The highest BCUT2D eigenvalue weighted by Gasteiger charge is 2.16. The molecule has 0 N–H and O–H groups in total. The summed E-state index contributed by atoms with van der Waals surface area (Å²) < 4.78 is 29.2. The molecule has 0 unspecified atom stereocenters. The minimum Gasteiger partial charge on any atom is -0.278 e. The molecule has 0 atom stereocenters. The highest BCUT2D eigenvalue weighted by atomic mass is 19.3. The molecule has 0 fully saturated rings. The Hall–Kier alpha value is -2.50. The molecule has 4 nitrogen and oxygen atoms in total. The second kappa shape index (κ2) is 5.12. The van der Waals surface area contributed by atoms with Crippen molar-refractivity contribution in [2.24, 2.45) is 7.05 Å². The van der Waals surface area contributed by atoms with Crippen LogP contribution in [0.1, 0.15) is 17.6 Å². The van der Waals surface area contributed by atoms with Crippen molar-refractivity contribution >= 4 is 10.9 Å². The van der Waals surface area contributed by atoms with E-state index in [1.165, 1.54) is 17.1 Å². The van der Waals surface area contributed by atoms with Gasteiger partial charge in [0.05, 0.1) is 17.4 Å². The zero-order valence-corrected chi connectivity index (χ0v) is 11.3. The smallest absolute Gasteiger partial charge is 0.274 e. The number of benzene rings is 1. The van der Waals surface area contributed by atoms with Gasteiger partial charge in [-0.2, -0.15) is 0 Å². The average molecular weight is 289 g/mol. The number of alkyl halides is 2. The Morgan fingerprint density at radius 3 is 2.76 bits per heavy atom. The van der Waals surface area contributed by atoms with Gasteiger partial charge in [-0.05, 0) is 23.8 Å². The first-order valence-electron chi connectivity index (χ1n) is 6.45. The standard InChI is InChI=1S/C15H13F2N3O/c1-19-15(21)11-4-2-3-5-13(11)20(19)9-10-6-7-18-8-12(10)14(16)17/h2-8,14H,9H2,1H3. The van der Waals surface area contributed by atoms with Crippen LogP contribution in [0, 0.1) is 0 Å². The van der Waals surface area contributed by atoms with E-state index in [0.717, 1.165) is 5.52 Å². The van der Waals surface area contributed by atoms with Crippen molar-refractivity contribution < 1.29 is 8.78 Å². The summed E-state index contributed by atoms with van der Waals surface area (Å²) >= 11 is 0. The normalized spacial score (nSPS) is 11.4. The molecule has 3 rings (SSSR count). The molecule has 6 heteroatoms. The second-order valence-corrected chi connectivity index (χ2v) is 4.78. The summed E-state index contributed by atoms with van der Waals surface area (Å²) in [5.74, 6) is 0. The van der Waals surface area contributed by atoms with Crippen LogP contribution in [0.15, 0.2) is 47.5 Å². The lowest BCUT2D eigenvalue weighted by molar-refractivity contribution is 0.149. The van der Waals surface area contributed by atoms with E-state index in [1.807, 2.05) is 6.07 Å². The van der Waals surface area contributed by atoms with Crippen molar-refractivity contribution in [3.63, 3.8) is 0 Å². The summed E-state index contributed by atoms with van der Waals surface area (Å²) in [7, 11) is 1.63. The molecular weight excluding hydrogens is 276 g/mol. The van der Waals surface area contributed by atoms with Gasteiger partial charge in [0.25, 0.3) is 12.0 Å². The summed E-state index contributed by atoms with van der Waals surface area (Å²) in [6.45, 7) is 0.196. The van der Waals surface area contributed by atoms with Crippen molar-refractivity contribution in [1.29, 1.82) is 0 Å². The van der Waals surface area contributed by atoms with Crippen LogP contribution >= 0.6 is 0 Å². The molecule has 0 spiro atoms. The van der Waals surface area contributed by atoms with E-state index in [0.29, 0.717) is 10.9 Å². The van der Waals surface area contributed by atoms with E-state index in [4.69, 9.17) is 0 Å². The summed E-state index contributed by atoms with van der Waals surface area (Å²) in [6.07, 6.45) is 0.0574. The molecule has 0 bridgehead atoms. The molecule has 3 aromatic rings. The van der Waals surface area contributed by atoms with E-state index < -0.39 is 6.43 Å². The fraction of sp³-hybridized carbons (Fsp3) is 0.200. The molecule has 21 heavy (non-hydrogen) atoms. The number of halogens is 2. The topological polar surface area (TPSA) is 39.8 Å². The van der Waals surface area contributed by atoms with Crippen LogP contribution in [0.25, 0.3) is 10.9 Å². The van der Waals surface area contributed by atoms with Crippen LogP contribution in [-0.4, -0.2) is 14.3 Å². The number of nitrogens with zero attached hydrogens (tertiary/aromatic N) is 3. The second-order valence-electron chi connectivity index (χ2n) is 4.78. The molecule has 0 aliphatic rings. The predicted molar refractivity (Wildman–Crippen MR) is 75.5 cm³/mol. The maximum absolute atomic E-state index is 13.0. The zero-order chi connectivity index (χ0) is 15.0. The fourth-order valence-corrected chi connectivity index (χ4v) is 2.45. The Kier molecular flexibility index (Phi) is 3.29. The van der Waals surface area contributed by atoms with Gasteiger partial charge in [-0.3, -0.25) is 19.1 Å². The lowest BCUT2D eigenvalue weighted by atomic mass is 10.1. The molecule has 0 saturated heterocycles. The monoisotopic (exact) mass is 289 g/mol. The Labute approximate surface area is 119 Å². The van der Waals surface area contributed by atoms with Gasteiger partial charge in [0.2, 0.25) is 0 Å². The Bertz CT molecular complexity index is 851. The number of para-hydroxylation sites is 1. The minimum atomic E-state index is -2.59. The third-order valence-corrected chi connectivity index (χ3v) is 3.57. The maximum Gasteiger partial charge on any atom is 0.274 e. The highest BCUT2D eigenvalue weighted by Crippen LogP contribution is 2.23. The van der Waals surface area contributed by atoms with E-state index in [9.17, 15) is 13.6 Å². The molecule has 0 aliphatic heterocycles. The molecule has 0 saturated carbocycles. The minimum absolute atomic E-state index is 0.109. The third kappa shape index (κ3) is 2.22. The Morgan fingerprint density at radius 2 is 2.00 bits per heavy atom. The van der Waals surface area contributed by atoms with E-state index in [1.54, 1.807) is 36.0 Å². The maximum atomic E-state index is 13.0. The van der Waals surface area contributed by atoms with Crippen LogP contribution in [0.3, 0.4) is 0 Å². The van der Waals surface area contributed by atoms with Crippen molar-refractivity contribution in [3.05, 3.63) is 64.2 Å². The summed E-state index contributed by atoms with van der Waals surface area (Å²) in [5.41, 5.74) is 0.930. The number of aromatic nitrogens is 3. The van der Waals surface area contributed by atoms with E-state index >= 15 is 0 Å². The van der Waals surface area contributed by atoms with E-state index in [-0.39, 0.29) is 17.7 Å². The van der Waals surface area contributed by atoms with Crippen molar-refractivity contribution in [2.45, 2.75) is 13.0 Å². The fourth-order valence-electron chi connectivity index (χ4n) is 2.45. The quantitative estimate of drug-likeness (QED) is 0.743. The largest absolute Gasteiger partial charge is 0.278 e. The van der Waals surface area contributed by atoms with Gasteiger partial charge in [-0.1, -0.05) is 12.1 Å².